The summed E-state index contributed by atoms with van der Waals surface area (Å²) >= 11 is 0. The molecule has 12 aliphatic rings. The van der Waals surface area contributed by atoms with Gasteiger partial charge in [0.1, 0.15) is 22.9 Å². The molecule has 384 valence electrons. The van der Waals surface area contributed by atoms with Gasteiger partial charge < -0.3 is 39.4 Å². The molecule has 6 saturated carbocycles. The Morgan fingerprint density at radius 2 is 1.24 bits per heavy atom. The van der Waals surface area contributed by atoms with Crippen molar-refractivity contribution >= 4 is 0 Å². The SMILES string of the molecule is CC[C@]12C[C@H]([C@](C)(O)C(C)(C)C)[C@@](C)(OC)[C@@H]3Oc4c(O)c(-c5cc6c7c(c5O)O[C@@]5(C)[C@]78CCN(CC7CC7)[C@H](C6)[C@]86CC[C@@]5(OC)[C@@H]([C@](C)(O)C(C)(C)C)C6)cc5c4[C@@]31CCN(CC1CC1)[C@@H]2C5. The van der Waals surface area contributed by atoms with E-state index in [1.165, 1.54) is 36.8 Å². The number of rotatable bonds is 10. The van der Waals surface area contributed by atoms with E-state index in [1.807, 2.05) is 21.0 Å². The van der Waals surface area contributed by atoms with Crippen LogP contribution in [0.25, 0.3) is 11.1 Å². The predicted octanol–water partition coefficient (Wildman–Crippen LogP) is 9.83. The molecular formula is C60H86N2O8. The zero-order valence-corrected chi connectivity index (χ0v) is 45.0. The number of aromatic hydroxyl groups is 2. The third kappa shape index (κ3) is 5.02. The molecule has 2 aromatic carbocycles. The molecule has 2 saturated heterocycles. The van der Waals surface area contributed by atoms with E-state index in [4.69, 9.17) is 18.9 Å². The number of hydrogen-bond acceptors (Lipinski definition) is 10. The lowest BCUT2D eigenvalue weighted by molar-refractivity contribution is -0.345. The van der Waals surface area contributed by atoms with E-state index < -0.39 is 55.8 Å². The van der Waals surface area contributed by atoms with Crippen molar-refractivity contribution in [1.82, 2.24) is 9.80 Å². The van der Waals surface area contributed by atoms with Crippen LogP contribution in [-0.4, -0.2) is 117 Å². The smallest absolute Gasteiger partial charge is 0.166 e. The van der Waals surface area contributed by atoms with E-state index >= 15 is 0 Å². The second-order valence-electron chi connectivity index (χ2n) is 28.6. The van der Waals surface area contributed by atoms with Crippen molar-refractivity contribution in [3.05, 3.63) is 34.4 Å². The lowest BCUT2D eigenvalue weighted by Gasteiger charge is -2.78. The molecule has 4 N–H and O–H groups in total. The summed E-state index contributed by atoms with van der Waals surface area (Å²) in [6.45, 7) is 27.9. The molecule has 10 nitrogen and oxygen atoms in total. The Bertz CT molecular complexity index is 2590. The van der Waals surface area contributed by atoms with Crippen LogP contribution in [0.2, 0.25) is 0 Å². The highest BCUT2D eigenvalue weighted by Crippen LogP contribution is 2.82. The van der Waals surface area contributed by atoms with Gasteiger partial charge in [-0.05, 0) is 176 Å². The minimum Gasteiger partial charge on any atom is -0.504 e. The van der Waals surface area contributed by atoms with Gasteiger partial charge in [0.2, 0.25) is 0 Å². The van der Waals surface area contributed by atoms with Crippen LogP contribution in [0.15, 0.2) is 12.1 Å². The lowest BCUT2D eigenvalue weighted by Crippen LogP contribution is -2.87. The van der Waals surface area contributed by atoms with Crippen molar-refractivity contribution in [1.29, 1.82) is 0 Å². The van der Waals surface area contributed by atoms with Gasteiger partial charge in [0, 0.05) is 84.3 Å². The Hall–Kier alpha value is -2.60. The van der Waals surface area contributed by atoms with Crippen molar-refractivity contribution in [2.75, 3.05) is 40.4 Å². The predicted molar refractivity (Wildman–Crippen MR) is 271 cm³/mol. The van der Waals surface area contributed by atoms with E-state index in [-0.39, 0.29) is 46.2 Å². The Morgan fingerprint density at radius 3 is 1.81 bits per heavy atom. The van der Waals surface area contributed by atoms with Crippen LogP contribution >= 0.6 is 0 Å². The van der Waals surface area contributed by atoms with Gasteiger partial charge in [0.25, 0.3) is 0 Å². The Morgan fingerprint density at radius 1 is 0.686 bits per heavy atom. The topological polar surface area (TPSA) is 124 Å². The average Bonchev–Trinajstić information content (AvgIpc) is 4.24. The van der Waals surface area contributed by atoms with E-state index in [9.17, 15) is 20.4 Å². The molecule has 0 radical (unpaired) electrons. The molecule has 3 spiro atoms. The normalized spacial score (nSPS) is 43.7. The van der Waals surface area contributed by atoms with Crippen molar-refractivity contribution in [3.63, 3.8) is 0 Å². The number of fused-ring (bicyclic) bond motifs is 2. The second kappa shape index (κ2) is 13.8. The van der Waals surface area contributed by atoms with Gasteiger partial charge in [-0.1, -0.05) is 48.5 Å². The monoisotopic (exact) mass is 963 g/mol. The fourth-order valence-electron chi connectivity index (χ4n) is 20.0. The Balaban J connectivity index is 1.02. The van der Waals surface area contributed by atoms with Gasteiger partial charge in [-0.25, -0.2) is 0 Å². The van der Waals surface area contributed by atoms with Crippen LogP contribution in [0.5, 0.6) is 23.0 Å². The summed E-state index contributed by atoms with van der Waals surface area (Å²) < 4.78 is 29.1. The summed E-state index contributed by atoms with van der Waals surface area (Å²) in [5.41, 5.74) is -1.05. The first-order valence-corrected chi connectivity index (χ1v) is 27.9. The standard InChI is InChI=1S/C60H86N2O8/c1-14-56-29-39(53(9,65)50(2,3)4)52(8,67-12)49-58(56)21-23-61(31-33-15-16-33)41(56)27-35-25-37(45(63)47(69-49)43(35)58)38-26-36-28-42-57-19-20-60(68-13,40(30-57)54(10,66)51(5,6)7)55(11)59(57,44(36)48(70-55)46(38)64)22-24-62(42)32-34-17-18-34/h25-26,33-34,39-42,49,63-66H,14-24,27-32H2,1-13H3/t39-,40+,41+,42+,49-,52+,53-,54-,55-,56+,57+,58-,59-,60+/m0/s1. The number of benzene rings is 2. The molecule has 14 rings (SSSR count). The third-order valence-corrected chi connectivity index (χ3v) is 24.8. The number of likely N-dealkylation sites (tertiary alicyclic amines) is 2. The van der Waals surface area contributed by atoms with E-state index in [0.29, 0.717) is 22.6 Å². The van der Waals surface area contributed by atoms with Crippen molar-refractivity contribution in [3.8, 4) is 34.1 Å². The molecule has 0 amide bonds. The molecule has 8 aliphatic carbocycles. The summed E-state index contributed by atoms with van der Waals surface area (Å²) in [6, 6.07) is 4.91. The lowest BCUT2D eigenvalue weighted by atomic mass is 9.30. The first kappa shape index (κ1) is 47.1. The number of methoxy groups -OCH3 is 2. The molecule has 70 heavy (non-hydrogen) atoms. The molecule has 0 unspecified atom stereocenters. The van der Waals surface area contributed by atoms with Crippen molar-refractivity contribution in [2.24, 2.45) is 45.3 Å². The average molecular weight is 963 g/mol. The van der Waals surface area contributed by atoms with Crippen LogP contribution in [-0.2, 0) is 33.1 Å². The Kier molecular flexibility index (Phi) is 9.30. The van der Waals surface area contributed by atoms with Crippen molar-refractivity contribution in [2.45, 2.75) is 217 Å². The minimum absolute atomic E-state index is 0.0729. The summed E-state index contributed by atoms with van der Waals surface area (Å²) in [6.07, 6.45) is 12.5. The second-order valence-corrected chi connectivity index (χ2v) is 28.6. The summed E-state index contributed by atoms with van der Waals surface area (Å²) in [5, 5.41) is 52.4. The highest BCUT2D eigenvalue weighted by molar-refractivity contribution is 5.86. The minimum atomic E-state index is -1.10. The maximum Gasteiger partial charge on any atom is 0.166 e. The highest BCUT2D eigenvalue weighted by atomic mass is 16.6. The van der Waals surface area contributed by atoms with Gasteiger partial charge in [0.05, 0.1) is 16.6 Å². The van der Waals surface area contributed by atoms with Gasteiger partial charge in [0.15, 0.2) is 23.0 Å². The molecule has 8 fully saturated rings. The van der Waals surface area contributed by atoms with Gasteiger partial charge >= 0.3 is 0 Å². The number of piperidine rings is 2. The number of ether oxygens (including phenoxy) is 4. The van der Waals surface area contributed by atoms with Crippen LogP contribution in [0.3, 0.4) is 0 Å². The van der Waals surface area contributed by atoms with Gasteiger partial charge in [-0.2, -0.15) is 0 Å². The summed E-state index contributed by atoms with van der Waals surface area (Å²) in [5.74, 6) is 2.23. The van der Waals surface area contributed by atoms with E-state index in [0.717, 1.165) is 107 Å². The van der Waals surface area contributed by atoms with Gasteiger partial charge in [-0.15, -0.1) is 0 Å². The van der Waals surface area contributed by atoms with E-state index in [1.54, 1.807) is 7.11 Å². The Labute approximate surface area is 418 Å². The largest absolute Gasteiger partial charge is 0.504 e. The zero-order chi connectivity index (χ0) is 49.7. The quantitative estimate of drug-likeness (QED) is 0.183. The van der Waals surface area contributed by atoms with Crippen LogP contribution in [0.1, 0.15) is 169 Å². The molecule has 0 aromatic heterocycles. The maximum atomic E-state index is 13.3. The molecule has 10 heteroatoms. The number of phenols is 2. The number of aliphatic hydroxyl groups is 2. The van der Waals surface area contributed by atoms with Crippen molar-refractivity contribution < 1.29 is 39.4 Å². The van der Waals surface area contributed by atoms with Crippen LogP contribution in [0.4, 0.5) is 0 Å². The molecule has 2 aromatic rings. The molecule has 6 bridgehead atoms. The van der Waals surface area contributed by atoms with E-state index in [2.05, 4.69) is 84.2 Å². The molecule has 4 heterocycles. The third-order valence-electron chi connectivity index (χ3n) is 24.8. The fourth-order valence-corrected chi connectivity index (χ4v) is 20.0. The van der Waals surface area contributed by atoms with Gasteiger partial charge in [-0.3, -0.25) is 9.80 Å². The molecule has 4 aliphatic heterocycles. The number of nitrogens with zero attached hydrogens (tertiary/aromatic N) is 2. The van der Waals surface area contributed by atoms with Crippen LogP contribution in [0, 0.1) is 45.3 Å². The molecular weight excluding hydrogens is 877 g/mol. The summed E-state index contributed by atoms with van der Waals surface area (Å²) in [7, 11) is 3.64. The number of phenolic OH excluding ortho intramolecular Hbond substituents is 2. The highest BCUT2D eigenvalue weighted by Gasteiger charge is 2.87. The molecule has 14 atom stereocenters. The maximum absolute atomic E-state index is 13.3. The zero-order valence-electron chi connectivity index (χ0n) is 45.0. The fraction of sp³-hybridized carbons (Fsp3) is 0.800. The summed E-state index contributed by atoms with van der Waals surface area (Å²) in [4.78, 5) is 5.65. The number of hydrogen-bond donors (Lipinski definition) is 4. The first-order chi connectivity index (χ1) is 32.8. The first-order valence-electron chi connectivity index (χ1n) is 27.9. The van der Waals surface area contributed by atoms with Crippen LogP contribution < -0.4 is 9.47 Å².